The van der Waals surface area contributed by atoms with Crippen molar-refractivity contribution >= 4 is 11.7 Å². The summed E-state index contributed by atoms with van der Waals surface area (Å²) in [5.74, 6) is 1.70. The molecule has 7 nitrogen and oxygen atoms in total. The van der Waals surface area contributed by atoms with Gasteiger partial charge in [-0.2, -0.15) is 5.10 Å². The minimum atomic E-state index is -0.364. The van der Waals surface area contributed by atoms with Crippen molar-refractivity contribution in [2.24, 2.45) is 0 Å². The van der Waals surface area contributed by atoms with Crippen LogP contribution in [0.3, 0.4) is 0 Å². The zero-order valence-electron chi connectivity index (χ0n) is 23.3. The third kappa shape index (κ3) is 4.43. The maximum atomic E-state index is 14.3. The van der Waals surface area contributed by atoms with Crippen molar-refractivity contribution in [1.82, 2.24) is 19.2 Å². The second kappa shape index (κ2) is 10.4. The van der Waals surface area contributed by atoms with Gasteiger partial charge in [0.15, 0.2) is 0 Å². The molecule has 0 radical (unpaired) electrons. The Kier molecular flexibility index (Phi) is 6.64. The smallest absolute Gasteiger partial charge is 0.322 e. The molecule has 0 spiro atoms. The minimum absolute atomic E-state index is 0.170. The third-order valence-corrected chi connectivity index (χ3v) is 7.61. The van der Waals surface area contributed by atoms with E-state index in [1.54, 1.807) is 7.11 Å². The van der Waals surface area contributed by atoms with Crippen LogP contribution in [0.15, 0.2) is 91.1 Å². The molecule has 3 heterocycles. The van der Waals surface area contributed by atoms with Gasteiger partial charge in [-0.3, -0.25) is 0 Å². The van der Waals surface area contributed by atoms with Gasteiger partial charge >= 0.3 is 6.03 Å². The van der Waals surface area contributed by atoms with Gasteiger partial charge in [-0.25, -0.2) is 9.48 Å². The van der Waals surface area contributed by atoms with E-state index in [2.05, 4.69) is 53.3 Å². The number of amides is 2. The largest absolute Gasteiger partial charge is 0.497 e. The molecule has 1 aliphatic rings. The van der Waals surface area contributed by atoms with Crippen molar-refractivity contribution in [2.45, 2.75) is 39.8 Å². The normalized spacial score (nSPS) is 14.3. The zero-order valence-corrected chi connectivity index (χ0v) is 23.3. The number of anilines is 1. The lowest BCUT2D eigenvalue weighted by Crippen LogP contribution is -2.38. The first-order chi connectivity index (χ1) is 19.5. The number of benzene rings is 3. The van der Waals surface area contributed by atoms with Crippen LogP contribution in [0.2, 0.25) is 0 Å². The number of rotatable bonds is 5. The summed E-state index contributed by atoms with van der Waals surface area (Å²) >= 11 is 0. The van der Waals surface area contributed by atoms with E-state index in [1.165, 1.54) is 0 Å². The molecule has 0 saturated carbocycles. The number of hydrogen-bond donors (Lipinski definition) is 1. The highest BCUT2D eigenvalue weighted by Gasteiger charge is 2.36. The monoisotopic (exact) mass is 531 g/mol. The molecular formula is C33H33N5O2. The van der Waals surface area contributed by atoms with Crippen LogP contribution in [0.5, 0.6) is 5.75 Å². The first-order valence-corrected chi connectivity index (χ1v) is 13.6. The maximum Gasteiger partial charge on any atom is 0.322 e. The summed E-state index contributed by atoms with van der Waals surface area (Å²) in [7, 11) is 1.66. The number of carbonyl (C=O) groups excluding carboxylic acids is 1. The summed E-state index contributed by atoms with van der Waals surface area (Å²) in [5, 5.41) is 8.27. The summed E-state index contributed by atoms with van der Waals surface area (Å²) in [6.45, 7) is 6.55. The number of carbonyl (C=O) groups is 1. The molecule has 40 heavy (non-hydrogen) atoms. The molecule has 5 aromatic rings. The van der Waals surface area contributed by atoms with Crippen LogP contribution < -0.4 is 10.1 Å². The Bertz CT molecular complexity index is 1680. The van der Waals surface area contributed by atoms with E-state index in [0.717, 1.165) is 63.0 Å². The Morgan fingerprint density at radius 1 is 1.00 bits per heavy atom. The number of aromatic nitrogens is 3. The predicted octanol–water partition coefficient (Wildman–Crippen LogP) is 6.99. The first kappa shape index (κ1) is 25.5. The highest BCUT2D eigenvalue weighted by atomic mass is 16.5. The van der Waals surface area contributed by atoms with Crippen molar-refractivity contribution in [3.63, 3.8) is 0 Å². The van der Waals surface area contributed by atoms with E-state index >= 15 is 0 Å². The molecular weight excluding hydrogens is 498 g/mol. The molecule has 0 unspecified atom stereocenters. The fourth-order valence-corrected chi connectivity index (χ4v) is 5.57. The quantitative estimate of drug-likeness (QED) is 0.266. The van der Waals surface area contributed by atoms with Crippen molar-refractivity contribution in [3.05, 3.63) is 125 Å². The standard InChI is InChI=1S/C33H33N5O2/c1-5-28-27-21-37(33(39)34-29-19-22(2)16-17-23(29)3)31(24-11-9-14-26(20-24)40-4)30-15-10-18-36(30)32(27)38(35-28)25-12-7-6-8-13-25/h6-20,31H,5,21H2,1-4H3,(H,34,39)/t31-/m0/s1. The van der Waals surface area contributed by atoms with Crippen LogP contribution in [0.25, 0.3) is 11.5 Å². The van der Waals surface area contributed by atoms with Crippen LogP contribution in [0, 0.1) is 13.8 Å². The number of ether oxygens (including phenoxy) is 1. The van der Waals surface area contributed by atoms with Crippen LogP contribution in [0.4, 0.5) is 10.5 Å². The van der Waals surface area contributed by atoms with Gasteiger partial charge in [0.1, 0.15) is 11.6 Å². The van der Waals surface area contributed by atoms with Gasteiger partial charge in [0.05, 0.1) is 36.8 Å². The van der Waals surface area contributed by atoms with E-state index in [-0.39, 0.29) is 12.1 Å². The van der Waals surface area contributed by atoms with E-state index in [9.17, 15) is 4.79 Å². The summed E-state index contributed by atoms with van der Waals surface area (Å²) in [6.07, 6.45) is 2.81. The SMILES string of the molecule is CCc1nn(-c2ccccc2)c2c1CN(C(=O)Nc1cc(C)ccc1C)[C@@H](c1cccc(OC)c1)c1cccn1-2. The number of hydrogen-bond acceptors (Lipinski definition) is 3. The molecule has 0 aliphatic carbocycles. The number of para-hydroxylation sites is 1. The number of nitrogens with zero attached hydrogens (tertiary/aromatic N) is 4. The second-order valence-electron chi connectivity index (χ2n) is 10.2. The van der Waals surface area contributed by atoms with Gasteiger partial charge in [0, 0.05) is 17.4 Å². The van der Waals surface area contributed by atoms with E-state index in [1.807, 2.05) is 78.0 Å². The Morgan fingerprint density at radius 2 is 1.82 bits per heavy atom. The maximum absolute atomic E-state index is 14.3. The molecule has 1 aliphatic heterocycles. The van der Waals surface area contributed by atoms with E-state index in [4.69, 9.17) is 9.84 Å². The van der Waals surface area contributed by atoms with Crippen molar-refractivity contribution in [1.29, 1.82) is 0 Å². The van der Waals surface area contributed by atoms with E-state index in [0.29, 0.717) is 6.54 Å². The van der Waals surface area contributed by atoms with Gasteiger partial charge in [-0.05, 0) is 79.4 Å². The number of methoxy groups -OCH3 is 1. The summed E-state index contributed by atoms with van der Waals surface area (Å²) in [6, 6.07) is 27.8. The Labute approximate surface area is 234 Å². The Morgan fingerprint density at radius 3 is 2.60 bits per heavy atom. The number of aryl methyl sites for hydroxylation is 3. The molecule has 1 N–H and O–H groups in total. The lowest BCUT2D eigenvalue weighted by atomic mass is 10.0. The Hall–Kier alpha value is -4.78. The molecule has 2 amide bonds. The predicted molar refractivity (Wildman–Crippen MR) is 158 cm³/mol. The molecule has 0 saturated heterocycles. The van der Waals surface area contributed by atoms with E-state index < -0.39 is 0 Å². The van der Waals surface area contributed by atoms with Crippen molar-refractivity contribution < 1.29 is 9.53 Å². The average Bonchev–Trinajstić information content (AvgIpc) is 3.56. The fraction of sp³-hybridized carbons (Fsp3) is 0.212. The topological polar surface area (TPSA) is 64.3 Å². The Balaban J connectivity index is 1.56. The van der Waals surface area contributed by atoms with Gasteiger partial charge < -0.3 is 19.5 Å². The highest BCUT2D eigenvalue weighted by molar-refractivity contribution is 5.91. The zero-order chi connectivity index (χ0) is 27.8. The van der Waals surface area contributed by atoms with Crippen molar-refractivity contribution in [2.75, 3.05) is 12.4 Å². The fourth-order valence-electron chi connectivity index (χ4n) is 5.57. The minimum Gasteiger partial charge on any atom is -0.497 e. The van der Waals surface area contributed by atoms with Crippen LogP contribution in [-0.4, -0.2) is 32.4 Å². The van der Waals surface area contributed by atoms with Gasteiger partial charge in [-0.15, -0.1) is 0 Å². The number of urea groups is 1. The van der Waals surface area contributed by atoms with Crippen molar-refractivity contribution in [3.8, 4) is 17.3 Å². The molecule has 6 rings (SSSR count). The van der Waals surface area contributed by atoms with Crippen LogP contribution >= 0.6 is 0 Å². The summed E-state index contributed by atoms with van der Waals surface area (Å²) in [4.78, 5) is 16.2. The number of fused-ring (bicyclic) bond motifs is 3. The lowest BCUT2D eigenvalue weighted by molar-refractivity contribution is 0.194. The third-order valence-electron chi connectivity index (χ3n) is 7.61. The molecule has 202 valence electrons. The molecule has 0 fully saturated rings. The van der Waals surface area contributed by atoms with Gasteiger partial charge in [-0.1, -0.05) is 49.4 Å². The molecule has 7 heteroatoms. The lowest BCUT2D eigenvalue weighted by Gasteiger charge is -2.31. The average molecular weight is 532 g/mol. The molecule has 1 atom stereocenters. The van der Waals surface area contributed by atoms with Crippen LogP contribution in [-0.2, 0) is 13.0 Å². The molecule has 0 bridgehead atoms. The second-order valence-corrected chi connectivity index (χ2v) is 10.2. The van der Waals surface area contributed by atoms with Gasteiger partial charge in [0.25, 0.3) is 0 Å². The van der Waals surface area contributed by atoms with Gasteiger partial charge in [0.2, 0.25) is 0 Å². The molecule has 2 aromatic heterocycles. The summed E-state index contributed by atoms with van der Waals surface area (Å²) < 4.78 is 9.78. The summed E-state index contributed by atoms with van der Waals surface area (Å²) in [5.41, 5.74) is 7.84. The highest BCUT2D eigenvalue weighted by Crippen LogP contribution is 2.39. The van der Waals surface area contributed by atoms with Crippen LogP contribution in [0.1, 0.15) is 46.6 Å². The number of nitrogens with one attached hydrogen (secondary N) is 1. The molecule has 3 aromatic carbocycles. The first-order valence-electron chi connectivity index (χ1n) is 13.6.